The minimum absolute atomic E-state index is 0.0892. The molecule has 2 aliphatic heterocycles. The van der Waals surface area contributed by atoms with Gasteiger partial charge in [0, 0.05) is 11.3 Å². The fourth-order valence-electron chi connectivity index (χ4n) is 5.93. The minimum Gasteiger partial charge on any atom is -0.0851 e. The van der Waals surface area contributed by atoms with Crippen LogP contribution in [0.5, 0.6) is 0 Å². The van der Waals surface area contributed by atoms with Crippen LogP contribution in [0.15, 0.2) is 36.4 Å². The van der Waals surface area contributed by atoms with Gasteiger partial charge in [0.1, 0.15) is 0 Å². The number of hydrogen-bond donors (Lipinski definition) is 0. The molecule has 1 aromatic rings. The largest absolute Gasteiger partial charge is 0.0851 e. The summed E-state index contributed by atoms with van der Waals surface area (Å²) in [5.74, 6) is 3.77. The highest BCUT2D eigenvalue weighted by atomic mass is 31.1. The smallest absolute Gasteiger partial charge is 0.00921 e. The molecule has 1 saturated carbocycles. The molecule has 104 valence electrons. The van der Waals surface area contributed by atoms with Gasteiger partial charge in [-0.2, -0.15) is 0 Å². The van der Waals surface area contributed by atoms with E-state index in [9.17, 15) is 0 Å². The maximum Gasteiger partial charge on any atom is 0.00921 e. The Bertz CT molecular complexity index is 563. The van der Waals surface area contributed by atoms with Crippen molar-refractivity contribution in [1.29, 1.82) is 0 Å². The van der Waals surface area contributed by atoms with E-state index in [-0.39, 0.29) is 7.92 Å². The van der Waals surface area contributed by atoms with Gasteiger partial charge in [0.05, 0.1) is 0 Å². The summed E-state index contributed by atoms with van der Waals surface area (Å²) in [5.41, 5.74) is 5.27. The summed E-state index contributed by atoms with van der Waals surface area (Å²) in [6.07, 6.45) is 6.58. The van der Waals surface area contributed by atoms with Gasteiger partial charge in [0.2, 0.25) is 0 Å². The zero-order valence-corrected chi connectivity index (χ0v) is 13.5. The van der Waals surface area contributed by atoms with Gasteiger partial charge in [0.15, 0.2) is 0 Å². The molecule has 0 aromatic heterocycles. The van der Waals surface area contributed by atoms with Crippen LogP contribution in [0.1, 0.15) is 49.6 Å². The molecule has 1 unspecified atom stereocenters. The average molecular weight is 282 g/mol. The predicted octanol–water partition coefficient (Wildman–Crippen LogP) is 5.51. The number of allylic oxidation sites excluding steroid dienone is 2. The van der Waals surface area contributed by atoms with Crippen LogP contribution in [0.2, 0.25) is 0 Å². The number of hydrogen-bond acceptors (Lipinski definition) is 0. The SMILES string of the molecule is CC(C)(C)P1[C@@H]2c3ccccc3[C@H]1[C@@H]1[C@H]2[C@H]2C=C[C@@H]1C2. The first-order valence-corrected chi connectivity index (χ1v) is 9.61. The summed E-state index contributed by atoms with van der Waals surface area (Å²) in [4.78, 5) is 0. The summed E-state index contributed by atoms with van der Waals surface area (Å²) < 4.78 is 0. The lowest BCUT2D eigenvalue weighted by Gasteiger charge is -2.34. The Morgan fingerprint density at radius 1 is 0.900 bits per heavy atom. The van der Waals surface area contributed by atoms with E-state index in [1.54, 1.807) is 11.1 Å². The molecule has 2 aliphatic carbocycles. The van der Waals surface area contributed by atoms with Crippen molar-refractivity contribution in [3.63, 3.8) is 0 Å². The second-order valence-electron chi connectivity index (χ2n) is 8.20. The van der Waals surface area contributed by atoms with E-state index in [1.807, 2.05) is 0 Å². The van der Waals surface area contributed by atoms with E-state index in [2.05, 4.69) is 57.2 Å². The first-order chi connectivity index (χ1) is 9.57. The molecule has 0 radical (unpaired) electrons. The van der Waals surface area contributed by atoms with Gasteiger partial charge in [0.25, 0.3) is 0 Å². The van der Waals surface area contributed by atoms with Crippen molar-refractivity contribution >= 4 is 7.92 Å². The Hall–Kier alpha value is -0.610. The van der Waals surface area contributed by atoms with E-state index >= 15 is 0 Å². The second-order valence-corrected chi connectivity index (χ2v) is 11.5. The molecule has 1 saturated heterocycles. The van der Waals surface area contributed by atoms with Gasteiger partial charge in [-0.05, 0) is 46.4 Å². The van der Waals surface area contributed by atoms with Crippen LogP contribution in [0.3, 0.4) is 0 Å². The van der Waals surface area contributed by atoms with Crippen LogP contribution >= 0.6 is 7.92 Å². The van der Waals surface area contributed by atoms with Crippen LogP contribution in [-0.2, 0) is 0 Å². The monoisotopic (exact) mass is 282 g/mol. The Morgan fingerprint density at radius 2 is 1.40 bits per heavy atom. The van der Waals surface area contributed by atoms with Crippen molar-refractivity contribution in [3.8, 4) is 0 Å². The molecular weight excluding hydrogens is 259 g/mol. The van der Waals surface area contributed by atoms with Crippen molar-refractivity contribution in [2.45, 2.75) is 43.7 Å². The summed E-state index contributed by atoms with van der Waals surface area (Å²) >= 11 is 0. The quantitative estimate of drug-likeness (QED) is 0.434. The predicted molar refractivity (Wildman–Crippen MR) is 86.3 cm³/mol. The molecule has 1 heteroatoms. The lowest BCUT2D eigenvalue weighted by atomic mass is 9.71. The minimum atomic E-state index is 0.0892. The van der Waals surface area contributed by atoms with Crippen molar-refractivity contribution in [2.75, 3.05) is 0 Å². The highest BCUT2D eigenvalue weighted by Crippen LogP contribution is 2.88. The summed E-state index contributed by atoms with van der Waals surface area (Å²) in [6.45, 7) is 7.50. The summed E-state index contributed by atoms with van der Waals surface area (Å²) in [5, 5.41) is 0.494. The third kappa shape index (κ3) is 1.24. The van der Waals surface area contributed by atoms with Gasteiger partial charge in [-0.1, -0.05) is 65.1 Å². The lowest BCUT2D eigenvalue weighted by Crippen LogP contribution is -2.25. The van der Waals surface area contributed by atoms with E-state index in [0.29, 0.717) is 5.16 Å². The van der Waals surface area contributed by atoms with Crippen LogP contribution in [-0.4, -0.2) is 5.16 Å². The van der Waals surface area contributed by atoms with E-state index < -0.39 is 0 Å². The van der Waals surface area contributed by atoms with E-state index in [1.165, 1.54) is 6.42 Å². The third-order valence-electron chi connectivity index (χ3n) is 6.32. The molecule has 0 spiro atoms. The standard InChI is InChI=1S/C19H23P/c1-19(2,3)20-17-13-6-4-5-7-14(13)18(20)16-12-9-8-11(10-12)15(16)17/h4-9,11-12,15-18H,10H2,1-3H3/t11-,12+,15+,16-,17+,18-,20?. The molecule has 2 heterocycles. The van der Waals surface area contributed by atoms with E-state index in [4.69, 9.17) is 0 Å². The Morgan fingerprint density at radius 3 is 1.85 bits per heavy atom. The van der Waals surface area contributed by atoms with Crippen molar-refractivity contribution < 1.29 is 0 Å². The Balaban J connectivity index is 1.72. The molecule has 2 fully saturated rings. The fourth-order valence-corrected chi connectivity index (χ4v) is 10.6. The van der Waals surface area contributed by atoms with Crippen molar-refractivity contribution in [2.24, 2.45) is 23.7 Å². The second kappa shape index (κ2) is 3.58. The van der Waals surface area contributed by atoms with Gasteiger partial charge in [-0.3, -0.25) is 0 Å². The highest BCUT2D eigenvalue weighted by Gasteiger charge is 2.65. The van der Waals surface area contributed by atoms with Crippen LogP contribution in [0.25, 0.3) is 0 Å². The first-order valence-electron chi connectivity index (χ1n) is 8.13. The van der Waals surface area contributed by atoms with E-state index in [0.717, 1.165) is 35.0 Å². The molecular formula is C19H23P. The molecule has 0 N–H and O–H groups in total. The van der Waals surface area contributed by atoms with Crippen molar-refractivity contribution in [1.82, 2.24) is 0 Å². The van der Waals surface area contributed by atoms with Gasteiger partial charge < -0.3 is 0 Å². The molecule has 4 aliphatic rings. The molecule has 7 atom stereocenters. The summed E-state index contributed by atoms with van der Waals surface area (Å²) in [6, 6.07) is 9.45. The average Bonchev–Trinajstić information content (AvgIpc) is 3.14. The van der Waals surface area contributed by atoms with Gasteiger partial charge >= 0.3 is 0 Å². The highest BCUT2D eigenvalue weighted by molar-refractivity contribution is 7.60. The number of fused-ring (bicyclic) bond motifs is 12. The first kappa shape index (κ1) is 12.0. The molecule has 0 amide bonds. The maximum atomic E-state index is 2.56. The number of benzene rings is 1. The van der Waals surface area contributed by atoms with Crippen molar-refractivity contribution in [3.05, 3.63) is 47.5 Å². The molecule has 4 bridgehead atoms. The fraction of sp³-hybridized carbons (Fsp3) is 0.579. The number of rotatable bonds is 0. The topological polar surface area (TPSA) is 0 Å². The molecule has 5 rings (SSSR count). The van der Waals surface area contributed by atoms with Gasteiger partial charge in [-0.15, -0.1) is 0 Å². The van der Waals surface area contributed by atoms with Crippen LogP contribution < -0.4 is 0 Å². The summed E-state index contributed by atoms with van der Waals surface area (Å²) in [7, 11) is 0.0892. The van der Waals surface area contributed by atoms with Gasteiger partial charge in [-0.25, -0.2) is 0 Å². The molecule has 20 heavy (non-hydrogen) atoms. The van der Waals surface area contributed by atoms with Crippen LogP contribution in [0.4, 0.5) is 0 Å². The maximum absolute atomic E-state index is 2.56. The molecule has 0 nitrogen and oxygen atoms in total. The molecule has 1 aromatic carbocycles. The zero-order valence-electron chi connectivity index (χ0n) is 12.6. The lowest BCUT2D eigenvalue weighted by molar-refractivity contribution is 0.305. The Kier molecular flexibility index (Phi) is 2.15. The van der Waals surface area contributed by atoms with Crippen LogP contribution in [0, 0.1) is 23.7 Å². The normalized spacial score (nSPS) is 46.9. The third-order valence-corrected chi connectivity index (χ3v) is 10.3. The zero-order chi connectivity index (χ0) is 13.6. The Labute approximate surface area is 123 Å².